The highest BCUT2D eigenvalue weighted by Crippen LogP contribution is 2.26. The standard InChI is InChI=1S/C28H26Cl2N4O3S/c1-19-9-11-27(12-10-19)38(36,37)33(25-7-5-4-6-8-25)18-28(35)32-31-17-22-13-20(2)34(21(22)3)26-15-23(29)14-24(30)16-26/h4-17H,18H2,1-3H3,(H,32,35)/b31-17-. The number of benzene rings is 3. The number of carbonyl (C=O) groups excluding carboxylic acids is 1. The number of anilines is 1. The van der Waals surface area contributed by atoms with Gasteiger partial charge in [0.1, 0.15) is 6.54 Å². The van der Waals surface area contributed by atoms with E-state index in [0.29, 0.717) is 15.7 Å². The summed E-state index contributed by atoms with van der Waals surface area (Å²) in [6, 6.07) is 22.2. The second-order valence-corrected chi connectivity index (χ2v) is 11.5. The summed E-state index contributed by atoms with van der Waals surface area (Å²) in [4.78, 5) is 12.9. The van der Waals surface area contributed by atoms with Crippen LogP contribution in [0.15, 0.2) is 88.9 Å². The van der Waals surface area contributed by atoms with Gasteiger partial charge in [0.05, 0.1) is 16.8 Å². The summed E-state index contributed by atoms with van der Waals surface area (Å²) in [6.07, 6.45) is 1.52. The van der Waals surface area contributed by atoms with Crippen LogP contribution in [0.4, 0.5) is 5.69 Å². The molecule has 1 amide bonds. The lowest BCUT2D eigenvalue weighted by Crippen LogP contribution is -2.39. The van der Waals surface area contributed by atoms with Crippen LogP contribution in [0.3, 0.4) is 0 Å². The molecule has 0 aliphatic rings. The van der Waals surface area contributed by atoms with Gasteiger partial charge in [-0.05, 0) is 69.3 Å². The minimum atomic E-state index is -3.99. The zero-order chi connectivity index (χ0) is 27.4. The van der Waals surface area contributed by atoms with E-state index in [-0.39, 0.29) is 4.90 Å². The highest BCUT2D eigenvalue weighted by molar-refractivity contribution is 7.92. The molecule has 0 aliphatic heterocycles. The lowest BCUT2D eigenvalue weighted by atomic mass is 10.2. The predicted octanol–water partition coefficient (Wildman–Crippen LogP) is 6.05. The number of rotatable bonds is 8. The quantitative estimate of drug-likeness (QED) is 0.207. The Morgan fingerprint density at radius 2 is 1.58 bits per heavy atom. The number of nitrogens with one attached hydrogen (secondary N) is 1. The average molecular weight is 570 g/mol. The number of hydrogen-bond donors (Lipinski definition) is 1. The zero-order valence-electron chi connectivity index (χ0n) is 21.0. The van der Waals surface area contributed by atoms with E-state index in [4.69, 9.17) is 23.2 Å². The molecule has 196 valence electrons. The highest BCUT2D eigenvalue weighted by Gasteiger charge is 2.27. The van der Waals surface area contributed by atoms with Gasteiger partial charge in [-0.25, -0.2) is 13.8 Å². The van der Waals surface area contributed by atoms with Crippen molar-refractivity contribution < 1.29 is 13.2 Å². The fourth-order valence-electron chi connectivity index (χ4n) is 4.07. The van der Waals surface area contributed by atoms with Gasteiger partial charge in [0.25, 0.3) is 15.9 Å². The number of amides is 1. The average Bonchev–Trinajstić information content (AvgIpc) is 3.15. The second kappa shape index (κ2) is 11.4. The van der Waals surface area contributed by atoms with Gasteiger partial charge in [0, 0.05) is 32.7 Å². The molecule has 0 radical (unpaired) electrons. The lowest BCUT2D eigenvalue weighted by Gasteiger charge is -2.23. The van der Waals surface area contributed by atoms with Crippen LogP contribution in [0, 0.1) is 20.8 Å². The molecule has 0 saturated heterocycles. The van der Waals surface area contributed by atoms with Crippen molar-refractivity contribution in [2.24, 2.45) is 5.10 Å². The van der Waals surface area contributed by atoms with Crippen molar-refractivity contribution >= 4 is 51.0 Å². The Bertz CT molecular complexity index is 1580. The van der Waals surface area contributed by atoms with Gasteiger partial charge >= 0.3 is 0 Å². The molecule has 1 aromatic heterocycles. The van der Waals surface area contributed by atoms with Crippen LogP contribution in [0.2, 0.25) is 10.0 Å². The lowest BCUT2D eigenvalue weighted by molar-refractivity contribution is -0.119. The molecule has 1 N–H and O–H groups in total. The summed E-state index contributed by atoms with van der Waals surface area (Å²) in [5.41, 5.74) is 7.12. The van der Waals surface area contributed by atoms with Crippen molar-refractivity contribution in [1.29, 1.82) is 0 Å². The molecule has 0 unspecified atom stereocenters. The van der Waals surface area contributed by atoms with Crippen molar-refractivity contribution in [3.05, 3.63) is 111 Å². The molecule has 0 aliphatic carbocycles. The third-order valence-electron chi connectivity index (χ3n) is 5.91. The minimum absolute atomic E-state index is 0.0943. The topological polar surface area (TPSA) is 83.8 Å². The summed E-state index contributed by atoms with van der Waals surface area (Å²) < 4.78 is 29.9. The van der Waals surface area contributed by atoms with Gasteiger partial charge in [-0.15, -0.1) is 0 Å². The van der Waals surface area contributed by atoms with Crippen LogP contribution < -0.4 is 9.73 Å². The maximum atomic E-state index is 13.4. The fraction of sp³-hybridized carbons (Fsp3) is 0.143. The summed E-state index contributed by atoms with van der Waals surface area (Å²) in [7, 11) is -3.99. The van der Waals surface area contributed by atoms with E-state index >= 15 is 0 Å². The molecule has 10 heteroatoms. The molecule has 0 bridgehead atoms. The summed E-state index contributed by atoms with van der Waals surface area (Å²) in [6.45, 7) is 5.28. The van der Waals surface area contributed by atoms with Crippen LogP contribution in [-0.4, -0.2) is 31.7 Å². The Kier molecular flexibility index (Phi) is 8.26. The number of carbonyl (C=O) groups is 1. The molecule has 7 nitrogen and oxygen atoms in total. The Labute approximate surface area is 232 Å². The summed E-state index contributed by atoms with van der Waals surface area (Å²) in [5.74, 6) is -0.587. The number of sulfonamides is 1. The molecule has 4 rings (SSSR count). The zero-order valence-corrected chi connectivity index (χ0v) is 23.3. The maximum Gasteiger partial charge on any atom is 0.264 e. The Morgan fingerprint density at radius 1 is 0.947 bits per heavy atom. The van der Waals surface area contributed by atoms with E-state index < -0.39 is 22.5 Å². The van der Waals surface area contributed by atoms with Crippen LogP contribution in [0.1, 0.15) is 22.5 Å². The largest absolute Gasteiger partial charge is 0.318 e. The minimum Gasteiger partial charge on any atom is -0.318 e. The van der Waals surface area contributed by atoms with Crippen LogP contribution >= 0.6 is 23.2 Å². The molecule has 0 atom stereocenters. The van der Waals surface area contributed by atoms with E-state index in [0.717, 1.165) is 32.5 Å². The SMILES string of the molecule is Cc1ccc(S(=O)(=O)N(CC(=O)N/N=C\c2cc(C)n(-c3cc(Cl)cc(Cl)c3)c2C)c2ccccc2)cc1. The first-order valence-electron chi connectivity index (χ1n) is 11.7. The van der Waals surface area contributed by atoms with Gasteiger partial charge < -0.3 is 4.57 Å². The van der Waals surface area contributed by atoms with Crippen molar-refractivity contribution in [3.8, 4) is 5.69 Å². The van der Waals surface area contributed by atoms with E-state index in [1.54, 1.807) is 48.5 Å². The second-order valence-electron chi connectivity index (χ2n) is 8.74. The number of aryl methyl sites for hydroxylation is 2. The number of hydrogen-bond acceptors (Lipinski definition) is 4. The first kappa shape index (κ1) is 27.4. The first-order valence-corrected chi connectivity index (χ1v) is 13.9. The number of aromatic nitrogens is 1. The van der Waals surface area contributed by atoms with Gasteiger partial charge in [-0.2, -0.15) is 5.10 Å². The number of para-hydroxylation sites is 1. The Balaban J connectivity index is 1.54. The van der Waals surface area contributed by atoms with Gasteiger partial charge in [-0.1, -0.05) is 59.1 Å². The number of nitrogens with zero attached hydrogens (tertiary/aromatic N) is 3. The van der Waals surface area contributed by atoms with E-state index in [2.05, 4.69) is 10.5 Å². The van der Waals surface area contributed by atoms with Crippen molar-refractivity contribution in [3.63, 3.8) is 0 Å². The number of hydrazone groups is 1. The van der Waals surface area contributed by atoms with Crippen LogP contribution in [0.25, 0.3) is 5.69 Å². The van der Waals surface area contributed by atoms with Gasteiger partial charge in [-0.3, -0.25) is 9.10 Å². The summed E-state index contributed by atoms with van der Waals surface area (Å²) in [5, 5.41) is 5.13. The molecule has 0 fully saturated rings. The fourth-order valence-corrected chi connectivity index (χ4v) is 6.01. The van der Waals surface area contributed by atoms with Crippen molar-refractivity contribution in [2.45, 2.75) is 25.7 Å². The van der Waals surface area contributed by atoms with Crippen LogP contribution in [-0.2, 0) is 14.8 Å². The first-order chi connectivity index (χ1) is 18.1. The molecule has 38 heavy (non-hydrogen) atoms. The molecule has 0 spiro atoms. The third kappa shape index (κ3) is 6.10. The van der Waals surface area contributed by atoms with Crippen molar-refractivity contribution in [1.82, 2.24) is 9.99 Å². The molecule has 1 heterocycles. The van der Waals surface area contributed by atoms with Crippen molar-refractivity contribution in [2.75, 3.05) is 10.8 Å². The third-order valence-corrected chi connectivity index (χ3v) is 8.13. The molecule has 3 aromatic carbocycles. The maximum absolute atomic E-state index is 13.4. The summed E-state index contributed by atoms with van der Waals surface area (Å²) >= 11 is 12.4. The molecule has 0 saturated carbocycles. The van der Waals surface area contributed by atoms with Crippen LogP contribution in [0.5, 0.6) is 0 Å². The molecule has 4 aromatic rings. The Morgan fingerprint density at radius 3 is 2.21 bits per heavy atom. The normalized spacial score (nSPS) is 11.6. The smallest absolute Gasteiger partial charge is 0.264 e. The number of halogens is 2. The van der Waals surface area contributed by atoms with E-state index in [1.807, 2.05) is 43.5 Å². The Hall–Kier alpha value is -3.59. The molecular formula is C28H26Cl2N4O3S. The predicted molar refractivity (Wildman–Crippen MR) is 153 cm³/mol. The van der Waals surface area contributed by atoms with E-state index in [1.165, 1.54) is 18.3 Å². The van der Waals surface area contributed by atoms with Gasteiger partial charge in [0.15, 0.2) is 0 Å². The molecular weight excluding hydrogens is 543 g/mol. The highest BCUT2D eigenvalue weighted by atomic mass is 35.5. The van der Waals surface area contributed by atoms with E-state index in [9.17, 15) is 13.2 Å². The monoisotopic (exact) mass is 568 g/mol. The van der Waals surface area contributed by atoms with Gasteiger partial charge in [0.2, 0.25) is 0 Å².